The van der Waals surface area contributed by atoms with Crippen LogP contribution in [0.4, 0.5) is 5.69 Å². The molecule has 0 atom stereocenters. The first-order valence-electron chi connectivity index (χ1n) is 6.99. The number of aromatic nitrogens is 2. The third-order valence-electron chi connectivity index (χ3n) is 3.66. The second kappa shape index (κ2) is 5.57. The van der Waals surface area contributed by atoms with Crippen LogP contribution < -0.4 is 11.1 Å². The summed E-state index contributed by atoms with van der Waals surface area (Å²) in [6.45, 7) is 0.358. The lowest BCUT2D eigenvalue weighted by molar-refractivity contribution is 0.0947. The van der Waals surface area contributed by atoms with E-state index < -0.39 is 0 Å². The zero-order valence-electron chi connectivity index (χ0n) is 11.6. The Hall–Kier alpha value is -2.34. The van der Waals surface area contributed by atoms with E-state index in [9.17, 15) is 4.79 Å². The molecule has 1 aliphatic carbocycles. The third kappa shape index (κ3) is 2.90. The number of hydrogen-bond donors (Lipinski definition) is 4. The number of aliphatic hydroxyl groups excluding tert-OH is 1. The molecule has 1 aromatic heterocycles. The first-order chi connectivity index (χ1) is 10.2. The van der Waals surface area contributed by atoms with Crippen molar-refractivity contribution in [2.75, 3.05) is 5.73 Å². The molecule has 6 heteroatoms. The molecule has 6 nitrogen and oxygen atoms in total. The van der Waals surface area contributed by atoms with Gasteiger partial charge in [-0.05, 0) is 24.0 Å². The minimum Gasteiger partial charge on any atom is -0.395 e. The maximum atomic E-state index is 12.1. The van der Waals surface area contributed by atoms with Gasteiger partial charge in [-0.25, -0.2) is 0 Å². The average molecular weight is 286 g/mol. The SMILES string of the molecule is Nc1c(C(=O)NCc2cccc(CO)c2)n[nH]c1C1CC1. The molecule has 1 heterocycles. The summed E-state index contributed by atoms with van der Waals surface area (Å²) in [5.74, 6) is 0.144. The Bertz CT molecular complexity index is 661. The molecule has 0 radical (unpaired) electrons. The number of nitrogens with two attached hydrogens (primary N) is 1. The highest BCUT2D eigenvalue weighted by molar-refractivity contribution is 5.97. The van der Waals surface area contributed by atoms with Gasteiger partial charge >= 0.3 is 0 Å². The molecule has 5 N–H and O–H groups in total. The van der Waals surface area contributed by atoms with Crippen molar-refractivity contribution in [3.05, 3.63) is 46.8 Å². The highest BCUT2D eigenvalue weighted by Gasteiger charge is 2.30. The van der Waals surface area contributed by atoms with E-state index >= 15 is 0 Å². The molecule has 1 aliphatic rings. The van der Waals surface area contributed by atoms with E-state index in [0.717, 1.165) is 29.7 Å². The van der Waals surface area contributed by atoms with E-state index in [1.807, 2.05) is 24.3 Å². The molecule has 110 valence electrons. The quantitative estimate of drug-likeness (QED) is 0.665. The summed E-state index contributed by atoms with van der Waals surface area (Å²) in [5, 5.41) is 18.8. The van der Waals surface area contributed by atoms with Crippen LogP contribution in [0.15, 0.2) is 24.3 Å². The minimum atomic E-state index is -0.287. The number of nitrogen functional groups attached to an aromatic ring is 1. The van der Waals surface area contributed by atoms with Gasteiger partial charge in [0, 0.05) is 12.5 Å². The fourth-order valence-corrected chi connectivity index (χ4v) is 2.32. The molecule has 2 aromatic rings. The van der Waals surface area contributed by atoms with Crippen LogP contribution in [0.1, 0.15) is 46.1 Å². The Kier molecular flexibility index (Phi) is 3.62. The Morgan fingerprint density at radius 2 is 2.19 bits per heavy atom. The number of carbonyl (C=O) groups excluding carboxylic acids is 1. The van der Waals surface area contributed by atoms with Gasteiger partial charge in [0.2, 0.25) is 0 Å². The van der Waals surface area contributed by atoms with E-state index in [1.165, 1.54) is 0 Å². The molecule has 1 fully saturated rings. The number of nitrogens with one attached hydrogen (secondary N) is 2. The molecule has 0 spiro atoms. The zero-order valence-corrected chi connectivity index (χ0v) is 11.6. The van der Waals surface area contributed by atoms with Crippen LogP contribution in [0.2, 0.25) is 0 Å². The van der Waals surface area contributed by atoms with Gasteiger partial charge in [0.25, 0.3) is 5.91 Å². The van der Waals surface area contributed by atoms with E-state index in [1.54, 1.807) is 0 Å². The first kappa shape index (κ1) is 13.6. The van der Waals surface area contributed by atoms with Gasteiger partial charge in [-0.15, -0.1) is 0 Å². The summed E-state index contributed by atoms with van der Waals surface area (Å²) in [4.78, 5) is 12.1. The second-order valence-corrected chi connectivity index (χ2v) is 5.33. The maximum absolute atomic E-state index is 12.1. The smallest absolute Gasteiger partial charge is 0.274 e. The second-order valence-electron chi connectivity index (χ2n) is 5.33. The molecule has 21 heavy (non-hydrogen) atoms. The van der Waals surface area contributed by atoms with Gasteiger partial charge in [-0.3, -0.25) is 9.89 Å². The van der Waals surface area contributed by atoms with E-state index in [2.05, 4.69) is 15.5 Å². The summed E-state index contributed by atoms with van der Waals surface area (Å²) in [6.07, 6.45) is 2.20. The predicted octanol–water partition coefficient (Wildman–Crippen LogP) is 1.29. The monoisotopic (exact) mass is 286 g/mol. The fourth-order valence-electron chi connectivity index (χ4n) is 2.32. The van der Waals surface area contributed by atoms with Crippen molar-refractivity contribution in [3.8, 4) is 0 Å². The lowest BCUT2D eigenvalue weighted by atomic mass is 10.1. The number of benzene rings is 1. The minimum absolute atomic E-state index is 0.0150. The summed E-state index contributed by atoms with van der Waals surface area (Å²) >= 11 is 0. The number of nitrogens with zero attached hydrogens (tertiary/aromatic N) is 1. The predicted molar refractivity (Wildman–Crippen MR) is 78.5 cm³/mol. The number of anilines is 1. The summed E-state index contributed by atoms with van der Waals surface area (Å²) in [6, 6.07) is 7.42. The first-order valence-corrected chi connectivity index (χ1v) is 6.99. The number of hydrogen-bond acceptors (Lipinski definition) is 4. The molecule has 0 unspecified atom stereocenters. The van der Waals surface area contributed by atoms with Crippen molar-refractivity contribution in [2.45, 2.75) is 31.9 Å². The third-order valence-corrected chi connectivity index (χ3v) is 3.66. The van der Waals surface area contributed by atoms with Crippen molar-refractivity contribution in [1.29, 1.82) is 0 Å². The number of amides is 1. The van der Waals surface area contributed by atoms with E-state index in [-0.39, 0.29) is 18.2 Å². The molecule has 3 rings (SSSR count). The number of carbonyl (C=O) groups is 1. The average Bonchev–Trinajstić information content (AvgIpc) is 3.28. The molecule has 1 saturated carbocycles. The lowest BCUT2D eigenvalue weighted by Gasteiger charge is -2.05. The van der Waals surface area contributed by atoms with Crippen molar-refractivity contribution in [2.24, 2.45) is 0 Å². The Morgan fingerprint density at radius 1 is 1.43 bits per heavy atom. The van der Waals surface area contributed by atoms with Gasteiger partial charge < -0.3 is 16.2 Å². The van der Waals surface area contributed by atoms with Crippen LogP contribution in [0, 0.1) is 0 Å². The molecule has 0 aliphatic heterocycles. The van der Waals surface area contributed by atoms with Crippen molar-refractivity contribution in [3.63, 3.8) is 0 Å². The van der Waals surface area contributed by atoms with Gasteiger partial charge in [0.15, 0.2) is 5.69 Å². The Balaban J connectivity index is 1.66. The number of aromatic amines is 1. The van der Waals surface area contributed by atoms with Crippen LogP contribution >= 0.6 is 0 Å². The summed E-state index contributed by atoms with van der Waals surface area (Å²) in [5.41, 5.74) is 9.31. The molecule has 0 bridgehead atoms. The highest BCUT2D eigenvalue weighted by atomic mass is 16.3. The largest absolute Gasteiger partial charge is 0.395 e. The summed E-state index contributed by atoms with van der Waals surface area (Å²) < 4.78 is 0. The maximum Gasteiger partial charge on any atom is 0.274 e. The Labute approximate surface area is 122 Å². The van der Waals surface area contributed by atoms with Crippen molar-refractivity contribution < 1.29 is 9.90 Å². The van der Waals surface area contributed by atoms with Gasteiger partial charge in [-0.1, -0.05) is 24.3 Å². The molecular weight excluding hydrogens is 268 g/mol. The number of aliphatic hydroxyl groups is 1. The molecular formula is C15H18N4O2. The molecule has 1 amide bonds. The van der Waals surface area contributed by atoms with Crippen LogP contribution in [-0.2, 0) is 13.2 Å². The topological polar surface area (TPSA) is 104 Å². The van der Waals surface area contributed by atoms with Crippen LogP contribution in [0.3, 0.4) is 0 Å². The lowest BCUT2D eigenvalue weighted by Crippen LogP contribution is -2.24. The van der Waals surface area contributed by atoms with E-state index in [0.29, 0.717) is 18.2 Å². The summed E-state index contributed by atoms with van der Waals surface area (Å²) in [7, 11) is 0. The molecule has 1 aromatic carbocycles. The van der Waals surface area contributed by atoms with Crippen LogP contribution in [-0.4, -0.2) is 21.2 Å². The Morgan fingerprint density at radius 3 is 2.90 bits per heavy atom. The van der Waals surface area contributed by atoms with Crippen molar-refractivity contribution in [1.82, 2.24) is 15.5 Å². The van der Waals surface area contributed by atoms with Crippen LogP contribution in [0.5, 0.6) is 0 Å². The molecule has 0 saturated heterocycles. The number of rotatable bonds is 5. The normalized spacial score (nSPS) is 14.1. The van der Waals surface area contributed by atoms with Crippen molar-refractivity contribution >= 4 is 11.6 Å². The van der Waals surface area contributed by atoms with Gasteiger partial charge in [0.05, 0.1) is 18.0 Å². The van der Waals surface area contributed by atoms with Gasteiger partial charge in [-0.2, -0.15) is 5.10 Å². The number of H-pyrrole nitrogens is 1. The standard InChI is InChI=1S/C15H18N4O2/c16-12-13(11-4-5-11)18-19-14(12)15(21)17-7-9-2-1-3-10(6-9)8-20/h1-3,6,11,20H,4-5,7-8,16H2,(H,17,21)(H,18,19). The fraction of sp³-hybridized carbons (Fsp3) is 0.333. The van der Waals surface area contributed by atoms with E-state index in [4.69, 9.17) is 10.8 Å². The van der Waals surface area contributed by atoms with Crippen LogP contribution in [0.25, 0.3) is 0 Å². The van der Waals surface area contributed by atoms with Gasteiger partial charge in [0.1, 0.15) is 0 Å². The zero-order chi connectivity index (χ0) is 14.8. The highest BCUT2D eigenvalue weighted by Crippen LogP contribution is 2.42.